The van der Waals surface area contributed by atoms with E-state index in [0.717, 1.165) is 59.7 Å². The Morgan fingerprint density at radius 2 is 2.15 bits per heavy atom. The molecule has 1 saturated heterocycles. The van der Waals surface area contributed by atoms with Gasteiger partial charge in [0.25, 0.3) is 0 Å². The minimum atomic E-state index is 0.175. The summed E-state index contributed by atoms with van der Waals surface area (Å²) in [7, 11) is 0. The molecule has 2 aromatic heterocycles. The lowest BCUT2D eigenvalue weighted by Gasteiger charge is -2.32. The minimum Gasteiger partial charge on any atom is -0.342 e. The van der Waals surface area contributed by atoms with E-state index in [1.807, 2.05) is 18.7 Å². The zero-order valence-electron chi connectivity index (χ0n) is 15.6. The number of hydrogen-bond acceptors (Lipinski definition) is 3. The van der Waals surface area contributed by atoms with Crippen LogP contribution in [0, 0.1) is 20.8 Å². The number of aryl methyl sites for hydroxylation is 3. The van der Waals surface area contributed by atoms with Crippen LogP contribution in [0.2, 0.25) is 0 Å². The summed E-state index contributed by atoms with van der Waals surface area (Å²) in [6.45, 7) is 7.55. The molecule has 3 aromatic rings. The molecule has 6 heteroatoms. The number of hydrogen-bond donors (Lipinski definition) is 2. The van der Waals surface area contributed by atoms with E-state index < -0.39 is 0 Å². The van der Waals surface area contributed by atoms with Crippen molar-refractivity contribution in [2.24, 2.45) is 0 Å². The Morgan fingerprint density at radius 3 is 2.92 bits per heavy atom. The molecule has 0 radical (unpaired) electrons. The molecule has 1 aromatic carbocycles. The summed E-state index contributed by atoms with van der Waals surface area (Å²) in [5.41, 5.74) is 6.22. The van der Waals surface area contributed by atoms with E-state index in [1.54, 1.807) is 0 Å². The topological polar surface area (TPSA) is 77.7 Å². The Kier molecular flexibility index (Phi) is 4.26. The van der Waals surface area contributed by atoms with Crippen molar-refractivity contribution in [2.45, 2.75) is 46.0 Å². The quantitative estimate of drug-likeness (QED) is 0.761. The van der Waals surface area contributed by atoms with Crippen LogP contribution in [-0.4, -0.2) is 44.1 Å². The number of piperidine rings is 1. The van der Waals surface area contributed by atoms with Gasteiger partial charge in [-0.3, -0.25) is 9.89 Å². The van der Waals surface area contributed by atoms with Crippen molar-refractivity contribution in [3.63, 3.8) is 0 Å². The van der Waals surface area contributed by atoms with Crippen molar-refractivity contribution < 1.29 is 4.79 Å². The molecule has 6 nitrogen and oxygen atoms in total. The Balaban J connectivity index is 1.50. The number of H-pyrrole nitrogens is 2. The summed E-state index contributed by atoms with van der Waals surface area (Å²) in [5, 5.41) is 7.16. The van der Waals surface area contributed by atoms with Crippen LogP contribution in [0.5, 0.6) is 0 Å². The normalized spacial score (nSPS) is 17.8. The third-order valence-corrected chi connectivity index (χ3v) is 5.43. The van der Waals surface area contributed by atoms with Crippen LogP contribution in [-0.2, 0) is 11.2 Å². The smallest absolute Gasteiger partial charge is 0.227 e. The molecular weight excluding hydrogens is 326 g/mol. The number of benzene rings is 1. The van der Waals surface area contributed by atoms with Gasteiger partial charge in [-0.25, -0.2) is 4.98 Å². The molecular formula is C20H25N5O. The second-order valence-corrected chi connectivity index (χ2v) is 7.41. The number of fused-ring (bicyclic) bond motifs is 1. The van der Waals surface area contributed by atoms with Crippen molar-refractivity contribution in [3.05, 3.63) is 46.5 Å². The number of carbonyl (C=O) groups excluding carboxylic acids is 1. The third-order valence-electron chi connectivity index (χ3n) is 5.43. The molecule has 1 aliphatic rings. The highest BCUT2D eigenvalue weighted by molar-refractivity contribution is 5.79. The van der Waals surface area contributed by atoms with Crippen LogP contribution in [0.3, 0.4) is 0 Å². The maximum atomic E-state index is 12.8. The van der Waals surface area contributed by atoms with Crippen molar-refractivity contribution in [3.8, 4) is 0 Å². The van der Waals surface area contributed by atoms with E-state index in [0.29, 0.717) is 6.42 Å². The third kappa shape index (κ3) is 3.11. The molecule has 2 N–H and O–H groups in total. The second kappa shape index (κ2) is 6.59. The standard InChI is InChI=1S/C20H25N5O/c1-12-6-7-17-18(9-12)22-20(21-17)15-5-4-8-25(11-15)19(26)10-16-13(2)23-24-14(16)3/h6-7,9,15H,4-5,8,10-11H2,1-3H3,(H,21,22)(H,23,24)/t15-/m0/s1. The van der Waals surface area contributed by atoms with Gasteiger partial charge in [-0.15, -0.1) is 0 Å². The first-order valence-corrected chi connectivity index (χ1v) is 9.25. The van der Waals surface area contributed by atoms with Crippen molar-refractivity contribution in [1.82, 2.24) is 25.1 Å². The summed E-state index contributed by atoms with van der Waals surface area (Å²) >= 11 is 0. The molecule has 0 bridgehead atoms. The van der Waals surface area contributed by atoms with Crippen LogP contribution in [0.25, 0.3) is 11.0 Å². The van der Waals surface area contributed by atoms with E-state index in [9.17, 15) is 4.79 Å². The average molecular weight is 351 g/mol. The fourth-order valence-electron chi connectivity index (χ4n) is 3.86. The van der Waals surface area contributed by atoms with Crippen LogP contribution in [0.15, 0.2) is 18.2 Å². The fourth-order valence-corrected chi connectivity index (χ4v) is 3.86. The molecule has 136 valence electrons. The van der Waals surface area contributed by atoms with E-state index in [-0.39, 0.29) is 11.8 Å². The number of carbonyl (C=O) groups is 1. The summed E-state index contributed by atoms with van der Waals surface area (Å²) in [4.78, 5) is 23.0. The predicted octanol–water partition coefficient (Wildman–Crippen LogP) is 3.16. The van der Waals surface area contributed by atoms with E-state index in [1.165, 1.54) is 5.56 Å². The Morgan fingerprint density at radius 1 is 1.31 bits per heavy atom. The number of amides is 1. The Labute approximate surface area is 153 Å². The van der Waals surface area contributed by atoms with Gasteiger partial charge >= 0.3 is 0 Å². The molecule has 3 heterocycles. The second-order valence-electron chi connectivity index (χ2n) is 7.41. The lowest BCUT2D eigenvalue weighted by molar-refractivity contribution is -0.131. The van der Waals surface area contributed by atoms with Crippen molar-refractivity contribution in [1.29, 1.82) is 0 Å². The van der Waals surface area contributed by atoms with Gasteiger partial charge in [0.2, 0.25) is 5.91 Å². The molecule has 0 unspecified atom stereocenters. The number of nitrogens with one attached hydrogen (secondary N) is 2. The zero-order chi connectivity index (χ0) is 18.3. The van der Waals surface area contributed by atoms with E-state index >= 15 is 0 Å². The number of aromatic amines is 2. The van der Waals surface area contributed by atoms with Crippen molar-refractivity contribution in [2.75, 3.05) is 13.1 Å². The van der Waals surface area contributed by atoms with Gasteiger partial charge in [0.05, 0.1) is 23.1 Å². The van der Waals surface area contributed by atoms with Crippen LogP contribution < -0.4 is 0 Å². The van der Waals surface area contributed by atoms with Gasteiger partial charge < -0.3 is 9.88 Å². The van der Waals surface area contributed by atoms with Crippen molar-refractivity contribution >= 4 is 16.9 Å². The van der Waals surface area contributed by atoms with E-state index in [4.69, 9.17) is 4.98 Å². The lowest BCUT2D eigenvalue weighted by atomic mass is 9.96. The summed E-state index contributed by atoms with van der Waals surface area (Å²) in [6, 6.07) is 6.27. The zero-order valence-corrected chi connectivity index (χ0v) is 15.6. The highest BCUT2D eigenvalue weighted by Gasteiger charge is 2.27. The van der Waals surface area contributed by atoms with Crippen LogP contribution >= 0.6 is 0 Å². The van der Waals surface area contributed by atoms with Gasteiger partial charge in [0, 0.05) is 30.3 Å². The largest absolute Gasteiger partial charge is 0.342 e. The van der Waals surface area contributed by atoms with Crippen LogP contribution in [0.1, 0.15) is 47.1 Å². The maximum Gasteiger partial charge on any atom is 0.227 e. The first kappa shape index (κ1) is 16.8. The highest BCUT2D eigenvalue weighted by atomic mass is 16.2. The van der Waals surface area contributed by atoms with Gasteiger partial charge in [-0.05, 0) is 51.3 Å². The van der Waals surface area contributed by atoms with Gasteiger partial charge in [0.15, 0.2) is 0 Å². The Bertz CT molecular complexity index is 935. The number of aromatic nitrogens is 4. The number of rotatable bonds is 3. The summed E-state index contributed by atoms with van der Waals surface area (Å²) in [5.74, 6) is 1.44. The molecule has 1 aliphatic heterocycles. The maximum absolute atomic E-state index is 12.8. The molecule has 26 heavy (non-hydrogen) atoms. The first-order chi connectivity index (χ1) is 12.5. The molecule has 0 saturated carbocycles. The highest BCUT2D eigenvalue weighted by Crippen LogP contribution is 2.27. The lowest BCUT2D eigenvalue weighted by Crippen LogP contribution is -2.40. The van der Waals surface area contributed by atoms with Gasteiger partial charge in [-0.2, -0.15) is 5.10 Å². The molecule has 4 rings (SSSR count). The SMILES string of the molecule is Cc1ccc2nc([C@H]3CCCN(C(=O)Cc4c(C)n[nH]c4C)C3)[nH]c2c1. The summed E-state index contributed by atoms with van der Waals surface area (Å²) < 4.78 is 0. The van der Waals surface area contributed by atoms with E-state index in [2.05, 4.69) is 40.3 Å². The molecule has 0 spiro atoms. The number of imidazole rings is 1. The molecule has 0 aliphatic carbocycles. The monoisotopic (exact) mass is 351 g/mol. The molecule has 1 atom stereocenters. The van der Waals surface area contributed by atoms with Gasteiger partial charge in [-0.1, -0.05) is 6.07 Å². The van der Waals surface area contributed by atoms with Crippen LogP contribution in [0.4, 0.5) is 0 Å². The average Bonchev–Trinajstić information content (AvgIpc) is 3.19. The Hall–Kier alpha value is -2.63. The molecule has 1 fully saturated rings. The fraction of sp³-hybridized carbons (Fsp3) is 0.450. The summed E-state index contributed by atoms with van der Waals surface area (Å²) in [6.07, 6.45) is 2.49. The minimum absolute atomic E-state index is 0.175. The number of nitrogens with zero attached hydrogens (tertiary/aromatic N) is 3. The molecule has 1 amide bonds. The predicted molar refractivity (Wildman–Crippen MR) is 101 cm³/mol. The van der Waals surface area contributed by atoms with Gasteiger partial charge in [0.1, 0.15) is 5.82 Å². The number of likely N-dealkylation sites (tertiary alicyclic amines) is 1. The first-order valence-electron chi connectivity index (χ1n) is 9.25.